The van der Waals surface area contributed by atoms with Gasteiger partial charge in [0.15, 0.2) is 0 Å². The molecule has 2 unspecified atom stereocenters. The Bertz CT molecular complexity index is 347. The highest BCUT2D eigenvalue weighted by atomic mass is 16.4. The molecule has 96 valence electrons. The molecule has 0 aliphatic rings. The molecule has 0 saturated heterocycles. The number of carbonyl (C=O) groups is 1. The lowest BCUT2D eigenvalue weighted by molar-refractivity contribution is 0.0294. The number of rotatable bonds is 3. The highest BCUT2D eigenvalue weighted by Crippen LogP contribution is 2.02. The fourth-order valence-electron chi connectivity index (χ4n) is 1.12. The average Bonchev–Trinajstić information content (AvgIpc) is 2.28. The summed E-state index contributed by atoms with van der Waals surface area (Å²) in [6.07, 6.45) is -0.498. The van der Waals surface area contributed by atoms with Gasteiger partial charge in [0.1, 0.15) is 0 Å². The molecule has 1 rings (SSSR count). The van der Waals surface area contributed by atoms with Crippen molar-refractivity contribution < 1.29 is 20.1 Å². The summed E-state index contributed by atoms with van der Waals surface area (Å²) in [7, 11) is 0. The maximum Gasteiger partial charge on any atom is 0.335 e. The number of carboxylic acid groups (broad SMARTS) is 1. The Balaban J connectivity index is 0.000000325. The maximum atomic E-state index is 10.4. The topological polar surface area (TPSA) is 77.8 Å². The van der Waals surface area contributed by atoms with E-state index in [1.165, 1.54) is 0 Å². The zero-order valence-corrected chi connectivity index (χ0v) is 10.4. The number of aromatic carboxylic acids is 1. The standard InChI is InChI=1S/C8H8O2.C5H12O2/c1-6-3-2-4-7(5-6)8(9)10;1-3-5(7)4(2)6/h2-5H,1H3,(H,9,10);4-7H,3H2,1-2H3. The normalized spacial score (nSPS) is 13.2. The molecule has 17 heavy (non-hydrogen) atoms. The fraction of sp³-hybridized carbons (Fsp3) is 0.462. The van der Waals surface area contributed by atoms with Gasteiger partial charge < -0.3 is 15.3 Å². The number of aliphatic hydroxyl groups is 2. The summed E-state index contributed by atoms with van der Waals surface area (Å²) in [6.45, 7) is 5.28. The van der Waals surface area contributed by atoms with E-state index < -0.39 is 18.2 Å². The molecule has 0 bridgehead atoms. The van der Waals surface area contributed by atoms with Crippen LogP contribution in [0.1, 0.15) is 36.2 Å². The smallest absolute Gasteiger partial charge is 0.335 e. The van der Waals surface area contributed by atoms with Crippen LogP contribution < -0.4 is 0 Å². The third-order valence-electron chi connectivity index (χ3n) is 2.24. The molecule has 0 saturated carbocycles. The molecule has 1 aromatic rings. The van der Waals surface area contributed by atoms with Crippen LogP contribution in [-0.4, -0.2) is 33.5 Å². The minimum absolute atomic E-state index is 0.347. The van der Waals surface area contributed by atoms with Crippen molar-refractivity contribution in [1.82, 2.24) is 0 Å². The first-order chi connectivity index (χ1) is 7.88. The molecule has 0 aliphatic carbocycles. The Morgan fingerprint density at radius 1 is 1.35 bits per heavy atom. The molecule has 0 amide bonds. The van der Waals surface area contributed by atoms with Crippen LogP contribution >= 0.6 is 0 Å². The number of benzene rings is 1. The number of aryl methyl sites for hydroxylation is 1. The molecule has 0 fully saturated rings. The van der Waals surface area contributed by atoms with Gasteiger partial charge in [-0.05, 0) is 32.4 Å². The third-order valence-corrected chi connectivity index (χ3v) is 2.24. The molecule has 0 heterocycles. The van der Waals surface area contributed by atoms with Crippen LogP contribution in [0.5, 0.6) is 0 Å². The van der Waals surface area contributed by atoms with E-state index in [4.69, 9.17) is 15.3 Å². The van der Waals surface area contributed by atoms with Gasteiger partial charge in [0.05, 0.1) is 17.8 Å². The average molecular weight is 240 g/mol. The van der Waals surface area contributed by atoms with Crippen molar-refractivity contribution in [3.8, 4) is 0 Å². The van der Waals surface area contributed by atoms with E-state index >= 15 is 0 Å². The predicted octanol–water partition coefficient (Wildman–Crippen LogP) is 1.83. The molecule has 0 spiro atoms. The summed E-state index contributed by atoms with van der Waals surface area (Å²) >= 11 is 0. The van der Waals surface area contributed by atoms with Crippen molar-refractivity contribution >= 4 is 5.97 Å². The number of aliphatic hydroxyl groups excluding tert-OH is 2. The second-order valence-corrected chi connectivity index (χ2v) is 3.89. The molecule has 0 aromatic heterocycles. The Hall–Kier alpha value is -1.39. The van der Waals surface area contributed by atoms with E-state index in [2.05, 4.69) is 0 Å². The van der Waals surface area contributed by atoms with Gasteiger partial charge in [-0.15, -0.1) is 0 Å². The Morgan fingerprint density at radius 2 is 1.94 bits per heavy atom. The van der Waals surface area contributed by atoms with Gasteiger partial charge in [-0.3, -0.25) is 0 Å². The van der Waals surface area contributed by atoms with Crippen molar-refractivity contribution in [1.29, 1.82) is 0 Å². The summed E-state index contributed by atoms with van der Waals surface area (Å²) in [5.74, 6) is -0.872. The zero-order valence-electron chi connectivity index (χ0n) is 10.4. The van der Waals surface area contributed by atoms with Crippen LogP contribution in [0.15, 0.2) is 24.3 Å². The van der Waals surface area contributed by atoms with Crippen molar-refractivity contribution in [2.75, 3.05) is 0 Å². The summed E-state index contributed by atoms with van der Waals surface area (Å²) in [5, 5.41) is 25.8. The van der Waals surface area contributed by atoms with E-state index in [1.807, 2.05) is 19.9 Å². The largest absolute Gasteiger partial charge is 0.478 e. The van der Waals surface area contributed by atoms with Gasteiger partial charge in [-0.25, -0.2) is 4.79 Å². The maximum absolute atomic E-state index is 10.4. The van der Waals surface area contributed by atoms with E-state index in [-0.39, 0.29) is 0 Å². The Kier molecular flexibility index (Phi) is 7.18. The molecular weight excluding hydrogens is 220 g/mol. The quantitative estimate of drug-likeness (QED) is 0.753. The molecule has 4 nitrogen and oxygen atoms in total. The third kappa shape index (κ3) is 6.71. The second kappa shape index (κ2) is 7.81. The molecule has 3 N–H and O–H groups in total. The summed E-state index contributed by atoms with van der Waals surface area (Å²) in [5.41, 5.74) is 1.32. The monoisotopic (exact) mass is 240 g/mol. The van der Waals surface area contributed by atoms with Crippen LogP contribution in [0.3, 0.4) is 0 Å². The van der Waals surface area contributed by atoms with Crippen LogP contribution in [0.2, 0.25) is 0 Å². The summed E-state index contributed by atoms with van der Waals surface area (Å²) < 4.78 is 0. The van der Waals surface area contributed by atoms with Crippen LogP contribution in [0.25, 0.3) is 0 Å². The lowest BCUT2D eigenvalue weighted by atomic mass is 10.1. The summed E-state index contributed by atoms with van der Waals surface area (Å²) in [6, 6.07) is 6.82. The molecular formula is C13H20O4. The SMILES string of the molecule is CCC(O)C(C)O.Cc1cccc(C(=O)O)c1. The fourth-order valence-corrected chi connectivity index (χ4v) is 1.12. The summed E-state index contributed by atoms with van der Waals surface area (Å²) in [4.78, 5) is 10.4. The first kappa shape index (κ1) is 15.6. The molecule has 2 atom stereocenters. The first-order valence-corrected chi connectivity index (χ1v) is 5.54. The minimum Gasteiger partial charge on any atom is -0.478 e. The lowest BCUT2D eigenvalue weighted by Crippen LogP contribution is -2.20. The number of carboxylic acids is 1. The predicted molar refractivity (Wildman–Crippen MR) is 66.1 cm³/mol. The van der Waals surface area contributed by atoms with E-state index in [0.29, 0.717) is 12.0 Å². The van der Waals surface area contributed by atoms with Crippen molar-refractivity contribution in [3.05, 3.63) is 35.4 Å². The highest BCUT2D eigenvalue weighted by molar-refractivity contribution is 5.87. The Morgan fingerprint density at radius 3 is 2.18 bits per heavy atom. The van der Waals surface area contributed by atoms with Crippen molar-refractivity contribution in [3.63, 3.8) is 0 Å². The number of hydrogen-bond acceptors (Lipinski definition) is 3. The minimum atomic E-state index is -0.872. The van der Waals surface area contributed by atoms with Crippen LogP contribution in [0, 0.1) is 6.92 Å². The van der Waals surface area contributed by atoms with E-state index in [9.17, 15) is 4.79 Å². The van der Waals surface area contributed by atoms with Crippen molar-refractivity contribution in [2.45, 2.75) is 39.4 Å². The molecule has 0 radical (unpaired) electrons. The molecule has 4 heteroatoms. The van der Waals surface area contributed by atoms with Gasteiger partial charge in [0, 0.05) is 0 Å². The molecule has 0 aliphatic heterocycles. The van der Waals surface area contributed by atoms with Gasteiger partial charge in [-0.2, -0.15) is 0 Å². The highest BCUT2D eigenvalue weighted by Gasteiger charge is 2.05. The second-order valence-electron chi connectivity index (χ2n) is 3.89. The van der Waals surface area contributed by atoms with E-state index in [1.54, 1.807) is 25.1 Å². The van der Waals surface area contributed by atoms with Gasteiger partial charge in [-0.1, -0.05) is 24.6 Å². The lowest BCUT2D eigenvalue weighted by Gasteiger charge is -2.08. The van der Waals surface area contributed by atoms with Gasteiger partial charge in [0.25, 0.3) is 0 Å². The van der Waals surface area contributed by atoms with Crippen molar-refractivity contribution in [2.24, 2.45) is 0 Å². The van der Waals surface area contributed by atoms with E-state index in [0.717, 1.165) is 5.56 Å². The van der Waals surface area contributed by atoms with Gasteiger partial charge in [0.2, 0.25) is 0 Å². The number of hydrogen-bond donors (Lipinski definition) is 3. The first-order valence-electron chi connectivity index (χ1n) is 5.54. The zero-order chi connectivity index (χ0) is 13.4. The van der Waals surface area contributed by atoms with Gasteiger partial charge >= 0.3 is 5.97 Å². The Labute approximate surface area is 102 Å². The van der Waals surface area contributed by atoms with Crippen LogP contribution in [-0.2, 0) is 0 Å². The molecule has 1 aromatic carbocycles. The van der Waals surface area contributed by atoms with Crippen LogP contribution in [0.4, 0.5) is 0 Å².